The summed E-state index contributed by atoms with van der Waals surface area (Å²) in [6.07, 6.45) is 2.22. The van der Waals surface area contributed by atoms with Crippen LogP contribution in [0.4, 0.5) is 4.39 Å². The van der Waals surface area contributed by atoms with Crippen LogP contribution in [0.25, 0.3) is 11.3 Å². The van der Waals surface area contributed by atoms with Crippen LogP contribution in [-0.4, -0.2) is 10.9 Å². The molecule has 4 heteroatoms. The molecule has 0 saturated heterocycles. The van der Waals surface area contributed by atoms with Crippen LogP contribution < -0.4 is 0 Å². The molecular weight excluding hydrogens is 217 g/mol. The van der Waals surface area contributed by atoms with E-state index in [0.29, 0.717) is 24.0 Å². The summed E-state index contributed by atoms with van der Waals surface area (Å²) in [4.78, 5) is 4.06. The lowest BCUT2D eigenvalue weighted by molar-refractivity contribution is 0.514. The van der Waals surface area contributed by atoms with Gasteiger partial charge in [0.25, 0.3) is 0 Å². The minimum Gasteiger partial charge on any atom is -0.441 e. The Balaban J connectivity index is 2.25. The molecule has 2 aromatic rings. The number of halogens is 2. The zero-order chi connectivity index (χ0) is 10.7. The zero-order valence-corrected chi connectivity index (χ0v) is 8.67. The van der Waals surface area contributed by atoms with E-state index in [4.69, 9.17) is 16.0 Å². The molecule has 2 nitrogen and oxygen atoms in total. The van der Waals surface area contributed by atoms with Gasteiger partial charge in [0.05, 0.1) is 6.20 Å². The van der Waals surface area contributed by atoms with Gasteiger partial charge in [-0.1, -0.05) is 0 Å². The van der Waals surface area contributed by atoms with Gasteiger partial charge < -0.3 is 4.42 Å². The van der Waals surface area contributed by atoms with Crippen molar-refractivity contribution in [2.24, 2.45) is 0 Å². The first-order valence-corrected chi connectivity index (χ1v) is 5.09. The highest BCUT2D eigenvalue weighted by Gasteiger charge is 2.05. The molecule has 0 aliphatic carbocycles. The molecular formula is C11H9ClFNO. The third kappa shape index (κ3) is 2.36. The maximum atomic E-state index is 12.7. The van der Waals surface area contributed by atoms with Crippen molar-refractivity contribution in [3.8, 4) is 11.3 Å². The lowest BCUT2D eigenvalue weighted by Gasteiger charge is -1.95. The van der Waals surface area contributed by atoms with Crippen LogP contribution in [0.3, 0.4) is 0 Å². The Kier molecular flexibility index (Phi) is 3.02. The van der Waals surface area contributed by atoms with E-state index in [9.17, 15) is 4.39 Å². The van der Waals surface area contributed by atoms with Gasteiger partial charge >= 0.3 is 0 Å². The molecule has 0 unspecified atom stereocenters. The minimum absolute atomic E-state index is 0.265. The number of oxazole rings is 1. The van der Waals surface area contributed by atoms with E-state index in [2.05, 4.69) is 4.98 Å². The van der Waals surface area contributed by atoms with E-state index in [-0.39, 0.29) is 5.82 Å². The number of aryl methyl sites for hydroxylation is 1. The van der Waals surface area contributed by atoms with E-state index in [1.54, 1.807) is 18.3 Å². The second-order valence-corrected chi connectivity index (χ2v) is 3.44. The number of nitrogens with zero attached hydrogens (tertiary/aromatic N) is 1. The van der Waals surface area contributed by atoms with Gasteiger partial charge in [0.2, 0.25) is 0 Å². The largest absolute Gasteiger partial charge is 0.441 e. The molecule has 0 saturated carbocycles. The molecule has 78 valence electrons. The van der Waals surface area contributed by atoms with Crippen molar-refractivity contribution >= 4 is 11.6 Å². The summed E-state index contributed by atoms with van der Waals surface area (Å²) in [5, 5.41) is 0. The lowest BCUT2D eigenvalue weighted by Crippen LogP contribution is -1.83. The summed E-state index contributed by atoms with van der Waals surface area (Å²) >= 11 is 5.56. The predicted octanol–water partition coefficient (Wildman–Crippen LogP) is 3.26. The van der Waals surface area contributed by atoms with Gasteiger partial charge in [-0.15, -0.1) is 11.6 Å². The Bertz CT molecular complexity index is 438. The van der Waals surface area contributed by atoms with Crippen molar-refractivity contribution in [3.63, 3.8) is 0 Å². The summed E-state index contributed by atoms with van der Waals surface area (Å²) in [6.45, 7) is 0. The standard InChI is InChI=1S/C11H9ClFNO/c12-6-5-11-14-7-10(15-11)8-1-3-9(13)4-2-8/h1-4,7H,5-6H2. The highest BCUT2D eigenvalue weighted by Crippen LogP contribution is 2.20. The summed E-state index contributed by atoms with van der Waals surface area (Å²) in [5.74, 6) is 1.45. The molecule has 0 bridgehead atoms. The number of hydrogen-bond donors (Lipinski definition) is 0. The predicted molar refractivity (Wildman–Crippen MR) is 56.3 cm³/mol. The summed E-state index contributed by atoms with van der Waals surface area (Å²) in [5.41, 5.74) is 0.810. The summed E-state index contributed by atoms with van der Waals surface area (Å²) in [7, 11) is 0. The zero-order valence-electron chi connectivity index (χ0n) is 7.91. The normalized spacial score (nSPS) is 10.5. The lowest BCUT2D eigenvalue weighted by atomic mass is 10.2. The van der Waals surface area contributed by atoms with Crippen molar-refractivity contribution in [1.29, 1.82) is 0 Å². The first-order chi connectivity index (χ1) is 7.29. The Morgan fingerprint density at radius 1 is 1.27 bits per heavy atom. The number of rotatable bonds is 3. The van der Waals surface area contributed by atoms with Crippen molar-refractivity contribution in [3.05, 3.63) is 42.2 Å². The van der Waals surface area contributed by atoms with Crippen LogP contribution in [-0.2, 0) is 6.42 Å². The fourth-order valence-electron chi connectivity index (χ4n) is 1.25. The van der Waals surface area contributed by atoms with Gasteiger partial charge in [-0.2, -0.15) is 0 Å². The number of aromatic nitrogens is 1. The molecule has 15 heavy (non-hydrogen) atoms. The summed E-state index contributed by atoms with van der Waals surface area (Å²) < 4.78 is 18.1. The van der Waals surface area contributed by atoms with Crippen LogP contribution in [0.2, 0.25) is 0 Å². The molecule has 1 aromatic carbocycles. The summed E-state index contributed by atoms with van der Waals surface area (Å²) in [6, 6.07) is 6.08. The van der Waals surface area contributed by atoms with Gasteiger partial charge in [-0.25, -0.2) is 9.37 Å². The van der Waals surface area contributed by atoms with Crippen LogP contribution in [0.5, 0.6) is 0 Å². The van der Waals surface area contributed by atoms with Crippen LogP contribution in [0, 0.1) is 5.82 Å². The van der Waals surface area contributed by atoms with Crippen molar-refractivity contribution in [2.45, 2.75) is 6.42 Å². The Hall–Kier alpha value is -1.35. The fourth-order valence-corrected chi connectivity index (χ4v) is 1.42. The highest BCUT2D eigenvalue weighted by molar-refractivity contribution is 6.17. The van der Waals surface area contributed by atoms with Crippen molar-refractivity contribution in [2.75, 3.05) is 5.88 Å². The Labute approximate surface area is 91.7 Å². The second kappa shape index (κ2) is 4.45. The molecule has 0 aliphatic rings. The van der Waals surface area contributed by atoms with Crippen LogP contribution in [0.1, 0.15) is 5.89 Å². The first-order valence-electron chi connectivity index (χ1n) is 4.56. The van der Waals surface area contributed by atoms with Gasteiger partial charge in [0.1, 0.15) is 5.82 Å². The van der Waals surface area contributed by atoms with E-state index < -0.39 is 0 Å². The number of hydrogen-bond acceptors (Lipinski definition) is 2. The first kappa shape index (κ1) is 10.2. The topological polar surface area (TPSA) is 26.0 Å². The van der Waals surface area contributed by atoms with Crippen LogP contribution >= 0.6 is 11.6 Å². The quantitative estimate of drug-likeness (QED) is 0.750. The molecule has 0 radical (unpaired) electrons. The molecule has 0 amide bonds. The number of alkyl halides is 1. The second-order valence-electron chi connectivity index (χ2n) is 3.06. The monoisotopic (exact) mass is 225 g/mol. The molecule has 1 heterocycles. The van der Waals surface area contributed by atoms with E-state index in [0.717, 1.165) is 5.56 Å². The molecule has 0 aliphatic heterocycles. The highest BCUT2D eigenvalue weighted by atomic mass is 35.5. The van der Waals surface area contributed by atoms with Crippen LogP contribution in [0.15, 0.2) is 34.9 Å². The minimum atomic E-state index is -0.265. The maximum Gasteiger partial charge on any atom is 0.196 e. The van der Waals surface area contributed by atoms with E-state index in [1.807, 2.05) is 0 Å². The average molecular weight is 226 g/mol. The fraction of sp³-hybridized carbons (Fsp3) is 0.182. The molecule has 0 atom stereocenters. The maximum absolute atomic E-state index is 12.7. The molecule has 0 spiro atoms. The van der Waals surface area contributed by atoms with Gasteiger partial charge in [-0.3, -0.25) is 0 Å². The SMILES string of the molecule is Fc1ccc(-c2cnc(CCCl)o2)cc1. The smallest absolute Gasteiger partial charge is 0.196 e. The molecule has 1 aromatic heterocycles. The van der Waals surface area contributed by atoms with Gasteiger partial charge in [-0.05, 0) is 24.3 Å². The van der Waals surface area contributed by atoms with E-state index >= 15 is 0 Å². The average Bonchev–Trinajstić information content (AvgIpc) is 2.68. The number of benzene rings is 1. The Morgan fingerprint density at radius 2 is 2.00 bits per heavy atom. The third-order valence-electron chi connectivity index (χ3n) is 1.99. The van der Waals surface area contributed by atoms with Crippen molar-refractivity contribution in [1.82, 2.24) is 4.98 Å². The van der Waals surface area contributed by atoms with E-state index in [1.165, 1.54) is 12.1 Å². The Morgan fingerprint density at radius 3 is 2.67 bits per heavy atom. The molecule has 0 N–H and O–H groups in total. The molecule has 0 fully saturated rings. The van der Waals surface area contributed by atoms with Crippen molar-refractivity contribution < 1.29 is 8.81 Å². The van der Waals surface area contributed by atoms with Gasteiger partial charge in [0.15, 0.2) is 11.7 Å². The third-order valence-corrected chi connectivity index (χ3v) is 2.18. The van der Waals surface area contributed by atoms with Gasteiger partial charge in [0, 0.05) is 17.9 Å². The molecule has 2 rings (SSSR count).